The van der Waals surface area contributed by atoms with Crippen molar-refractivity contribution in [3.05, 3.63) is 57.0 Å². The lowest BCUT2D eigenvalue weighted by Gasteiger charge is -2.11. The summed E-state index contributed by atoms with van der Waals surface area (Å²) < 4.78 is 0. The highest BCUT2D eigenvalue weighted by Gasteiger charge is 2.07. The zero-order valence-electron chi connectivity index (χ0n) is 11.2. The molecule has 0 aromatic heterocycles. The minimum atomic E-state index is -0.184. The number of halogens is 3. The summed E-state index contributed by atoms with van der Waals surface area (Å²) in [5.41, 5.74) is 2.21. The Hall–Kier alpha value is -1.42. The highest BCUT2D eigenvalue weighted by molar-refractivity contribution is 6.35. The molecule has 0 atom stereocenters. The first-order chi connectivity index (χ1) is 9.95. The second-order valence-electron chi connectivity index (χ2n) is 4.47. The van der Waals surface area contributed by atoms with Crippen LogP contribution in [0.4, 0.5) is 11.4 Å². The third kappa shape index (κ3) is 4.53. The van der Waals surface area contributed by atoms with Crippen molar-refractivity contribution < 1.29 is 4.79 Å². The van der Waals surface area contributed by atoms with Gasteiger partial charge in [0.15, 0.2) is 0 Å². The van der Waals surface area contributed by atoms with Gasteiger partial charge in [0, 0.05) is 26.4 Å². The molecular formula is C15H13Cl3N2O. The Bertz CT molecular complexity index is 654. The van der Waals surface area contributed by atoms with E-state index in [0.717, 1.165) is 5.56 Å². The molecule has 0 bridgehead atoms. The maximum atomic E-state index is 11.9. The van der Waals surface area contributed by atoms with Gasteiger partial charge in [0.2, 0.25) is 5.91 Å². The van der Waals surface area contributed by atoms with Crippen molar-refractivity contribution >= 4 is 52.1 Å². The fraction of sp³-hybridized carbons (Fsp3) is 0.133. The molecule has 6 heteroatoms. The Morgan fingerprint density at radius 2 is 1.76 bits per heavy atom. The van der Waals surface area contributed by atoms with Crippen LogP contribution in [0.2, 0.25) is 15.1 Å². The molecule has 0 unspecified atom stereocenters. The summed E-state index contributed by atoms with van der Waals surface area (Å²) in [4.78, 5) is 11.9. The van der Waals surface area contributed by atoms with Gasteiger partial charge in [-0.3, -0.25) is 4.79 Å². The molecule has 3 nitrogen and oxygen atoms in total. The highest BCUT2D eigenvalue weighted by atomic mass is 35.5. The molecule has 2 N–H and O–H groups in total. The second kappa shape index (κ2) is 7.03. The van der Waals surface area contributed by atoms with Gasteiger partial charge >= 0.3 is 0 Å². The Labute approximate surface area is 138 Å². The summed E-state index contributed by atoms with van der Waals surface area (Å²) in [6.45, 7) is 1.95. The van der Waals surface area contributed by atoms with Crippen LogP contribution in [-0.4, -0.2) is 12.5 Å². The molecular weight excluding hydrogens is 331 g/mol. The molecule has 21 heavy (non-hydrogen) atoms. The molecule has 0 spiro atoms. The van der Waals surface area contributed by atoms with Crippen LogP contribution in [0, 0.1) is 6.92 Å². The van der Waals surface area contributed by atoms with E-state index in [1.165, 1.54) is 0 Å². The van der Waals surface area contributed by atoms with Gasteiger partial charge in [-0.1, -0.05) is 40.9 Å². The lowest BCUT2D eigenvalue weighted by atomic mass is 10.2. The number of hydrogen-bond donors (Lipinski definition) is 2. The van der Waals surface area contributed by atoms with Gasteiger partial charge in [0.1, 0.15) is 0 Å². The van der Waals surface area contributed by atoms with Crippen LogP contribution in [0.25, 0.3) is 0 Å². The Balaban J connectivity index is 1.97. The number of carbonyl (C=O) groups excluding carboxylic acids is 1. The highest BCUT2D eigenvalue weighted by Crippen LogP contribution is 2.24. The quantitative estimate of drug-likeness (QED) is 0.819. The summed E-state index contributed by atoms with van der Waals surface area (Å²) in [6, 6.07) is 10.4. The third-order valence-electron chi connectivity index (χ3n) is 2.86. The number of benzene rings is 2. The predicted molar refractivity (Wildman–Crippen MR) is 89.8 cm³/mol. The Morgan fingerprint density at radius 1 is 1.10 bits per heavy atom. The zero-order chi connectivity index (χ0) is 15.4. The first kappa shape index (κ1) is 16.0. The van der Waals surface area contributed by atoms with E-state index in [9.17, 15) is 4.79 Å². The minimum Gasteiger partial charge on any atom is -0.376 e. The average molecular weight is 344 g/mol. The topological polar surface area (TPSA) is 41.1 Å². The summed E-state index contributed by atoms with van der Waals surface area (Å²) in [5, 5.41) is 7.40. The zero-order valence-corrected chi connectivity index (χ0v) is 13.5. The van der Waals surface area contributed by atoms with Crippen molar-refractivity contribution in [3.8, 4) is 0 Å². The average Bonchev–Trinajstić information content (AvgIpc) is 2.41. The number of hydrogen-bond acceptors (Lipinski definition) is 2. The number of nitrogens with one attached hydrogen (secondary N) is 2. The molecule has 2 aromatic carbocycles. The lowest BCUT2D eigenvalue weighted by Crippen LogP contribution is -2.22. The van der Waals surface area contributed by atoms with Crippen molar-refractivity contribution in [3.63, 3.8) is 0 Å². The SMILES string of the molecule is Cc1c(Cl)cccc1NC(=O)CNc1cc(Cl)cc(Cl)c1. The summed E-state index contributed by atoms with van der Waals surface area (Å²) in [5.74, 6) is -0.184. The molecule has 2 aromatic rings. The summed E-state index contributed by atoms with van der Waals surface area (Å²) in [7, 11) is 0. The Kier molecular flexibility index (Phi) is 5.34. The van der Waals surface area contributed by atoms with E-state index < -0.39 is 0 Å². The third-order valence-corrected chi connectivity index (χ3v) is 3.70. The van der Waals surface area contributed by atoms with Crippen LogP contribution < -0.4 is 10.6 Å². The summed E-state index contributed by atoms with van der Waals surface area (Å²) >= 11 is 17.8. The predicted octanol–water partition coefficient (Wildman–Crippen LogP) is 5.01. The van der Waals surface area contributed by atoms with E-state index in [4.69, 9.17) is 34.8 Å². The molecule has 1 amide bonds. The van der Waals surface area contributed by atoms with Gasteiger partial charge in [0.05, 0.1) is 6.54 Å². The van der Waals surface area contributed by atoms with Gasteiger partial charge in [0.25, 0.3) is 0 Å². The van der Waals surface area contributed by atoms with Crippen LogP contribution in [0.15, 0.2) is 36.4 Å². The van der Waals surface area contributed by atoms with Crippen LogP contribution >= 0.6 is 34.8 Å². The summed E-state index contributed by atoms with van der Waals surface area (Å²) in [6.07, 6.45) is 0. The second-order valence-corrected chi connectivity index (χ2v) is 5.75. The standard InChI is InChI=1S/C15H13Cl3N2O/c1-9-13(18)3-2-4-14(9)20-15(21)8-19-12-6-10(16)5-11(17)7-12/h2-7,19H,8H2,1H3,(H,20,21). The van der Waals surface area contributed by atoms with Crippen LogP contribution in [-0.2, 0) is 4.79 Å². The maximum Gasteiger partial charge on any atom is 0.243 e. The molecule has 2 rings (SSSR count). The molecule has 0 heterocycles. The van der Waals surface area contributed by atoms with Crippen LogP contribution in [0.1, 0.15) is 5.56 Å². The number of amides is 1. The number of rotatable bonds is 4. The van der Waals surface area contributed by atoms with Gasteiger partial charge in [-0.25, -0.2) is 0 Å². The fourth-order valence-corrected chi connectivity index (χ4v) is 2.48. The smallest absolute Gasteiger partial charge is 0.243 e. The van der Waals surface area contributed by atoms with Crippen molar-refractivity contribution in [1.29, 1.82) is 0 Å². The van der Waals surface area contributed by atoms with Crippen molar-refractivity contribution in [1.82, 2.24) is 0 Å². The molecule has 0 aliphatic heterocycles. The van der Waals surface area contributed by atoms with E-state index in [1.807, 2.05) is 6.92 Å². The normalized spacial score (nSPS) is 10.3. The lowest BCUT2D eigenvalue weighted by molar-refractivity contribution is -0.114. The van der Waals surface area contributed by atoms with E-state index in [2.05, 4.69) is 10.6 Å². The fourth-order valence-electron chi connectivity index (χ4n) is 1.78. The van der Waals surface area contributed by atoms with E-state index in [1.54, 1.807) is 36.4 Å². The van der Waals surface area contributed by atoms with Crippen molar-refractivity contribution in [2.45, 2.75) is 6.92 Å². The van der Waals surface area contributed by atoms with Gasteiger partial charge < -0.3 is 10.6 Å². The van der Waals surface area contributed by atoms with E-state index in [-0.39, 0.29) is 12.5 Å². The molecule has 0 aliphatic rings. The van der Waals surface area contributed by atoms with E-state index >= 15 is 0 Å². The van der Waals surface area contributed by atoms with E-state index in [0.29, 0.717) is 26.4 Å². The molecule has 0 aliphatic carbocycles. The molecule has 110 valence electrons. The van der Waals surface area contributed by atoms with Gasteiger partial charge in [-0.05, 0) is 42.8 Å². The minimum absolute atomic E-state index is 0.0998. The van der Waals surface area contributed by atoms with Crippen LogP contribution in [0.5, 0.6) is 0 Å². The first-order valence-electron chi connectivity index (χ1n) is 6.20. The van der Waals surface area contributed by atoms with Crippen LogP contribution in [0.3, 0.4) is 0 Å². The maximum absolute atomic E-state index is 11.9. The molecule has 0 saturated heterocycles. The monoisotopic (exact) mass is 342 g/mol. The Morgan fingerprint density at radius 3 is 2.43 bits per heavy atom. The number of carbonyl (C=O) groups is 1. The van der Waals surface area contributed by atoms with Gasteiger partial charge in [-0.15, -0.1) is 0 Å². The molecule has 0 fully saturated rings. The van der Waals surface area contributed by atoms with Gasteiger partial charge in [-0.2, -0.15) is 0 Å². The first-order valence-corrected chi connectivity index (χ1v) is 7.34. The largest absolute Gasteiger partial charge is 0.376 e. The van der Waals surface area contributed by atoms with Crippen molar-refractivity contribution in [2.75, 3.05) is 17.2 Å². The molecule has 0 saturated carbocycles. The van der Waals surface area contributed by atoms with Crippen molar-refractivity contribution in [2.24, 2.45) is 0 Å². The number of anilines is 2. The molecule has 0 radical (unpaired) electrons.